The second kappa shape index (κ2) is 11.2. The first-order chi connectivity index (χ1) is 15.7. The molecule has 178 valence electrons. The molecule has 1 heterocycles. The third-order valence-corrected chi connectivity index (χ3v) is 6.43. The van der Waals surface area contributed by atoms with E-state index in [1.807, 2.05) is 0 Å². The molecule has 1 fully saturated rings. The molecule has 10 heteroatoms. The topological polar surface area (TPSA) is 105 Å². The van der Waals surface area contributed by atoms with Gasteiger partial charge in [0.1, 0.15) is 5.82 Å². The third-order valence-electron chi connectivity index (χ3n) is 5.24. The van der Waals surface area contributed by atoms with Crippen molar-refractivity contribution >= 4 is 33.2 Å². The van der Waals surface area contributed by atoms with E-state index in [1.54, 1.807) is 24.3 Å². The Labute approximate surface area is 193 Å². The number of carbonyl (C=O) groups excluding carboxylic acids is 2. The number of ether oxygens (including phenoxy) is 1. The summed E-state index contributed by atoms with van der Waals surface area (Å²) in [6.07, 6.45) is 3.23. The molecule has 1 atom stereocenters. The summed E-state index contributed by atoms with van der Waals surface area (Å²) in [4.78, 5) is 25.1. The van der Waals surface area contributed by atoms with Crippen LogP contribution in [0.3, 0.4) is 0 Å². The van der Waals surface area contributed by atoms with Crippen LogP contribution < -0.4 is 14.9 Å². The number of amides is 2. The quantitative estimate of drug-likeness (QED) is 0.548. The first-order valence-electron chi connectivity index (χ1n) is 10.8. The van der Waals surface area contributed by atoms with Crippen LogP contribution in [-0.4, -0.2) is 52.3 Å². The predicted octanol–water partition coefficient (Wildman–Crippen LogP) is 2.92. The summed E-state index contributed by atoms with van der Waals surface area (Å²) in [6.45, 7) is 1.17. The Balaban J connectivity index is 1.56. The fourth-order valence-electron chi connectivity index (χ4n) is 3.59. The van der Waals surface area contributed by atoms with Gasteiger partial charge in [0, 0.05) is 26.1 Å². The van der Waals surface area contributed by atoms with Crippen molar-refractivity contribution in [2.24, 2.45) is 0 Å². The largest absolute Gasteiger partial charge is 0.376 e. The highest BCUT2D eigenvalue weighted by Gasteiger charge is 2.20. The highest BCUT2D eigenvalue weighted by atomic mass is 32.2. The van der Waals surface area contributed by atoms with Gasteiger partial charge in [-0.25, -0.2) is 12.8 Å². The Kier molecular flexibility index (Phi) is 8.40. The Morgan fingerprint density at radius 1 is 1.15 bits per heavy atom. The van der Waals surface area contributed by atoms with Crippen LogP contribution in [0.1, 0.15) is 36.0 Å². The number of nitrogens with zero attached hydrogens (tertiary/aromatic N) is 1. The van der Waals surface area contributed by atoms with Crippen LogP contribution in [0.5, 0.6) is 0 Å². The molecule has 33 heavy (non-hydrogen) atoms. The van der Waals surface area contributed by atoms with Crippen molar-refractivity contribution in [3.8, 4) is 0 Å². The van der Waals surface area contributed by atoms with Crippen LogP contribution in [0.4, 0.5) is 15.8 Å². The lowest BCUT2D eigenvalue weighted by Crippen LogP contribution is -2.32. The van der Waals surface area contributed by atoms with Gasteiger partial charge < -0.3 is 15.4 Å². The van der Waals surface area contributed by atoms with E-state index in [0.29, 0.717) is 30.1 Å². The van der Waals surface area contributed by atoms with Crippen LogP contribution in [0.2, 0.25) is 0 Å². The summed E-state index contributed by atoms with van der Waals surface area (Å²) in [5.41, 5.74) is 1.05. The lowest BCUT2D eigenvalue weighted by Gasteiger charge is -2.22. The molecule has 0 radical (unpaired) electrons. The van der Waals surface area contributed by atoms with E-state index in [0.717, 1.165) is 23.4 Å². The average molecular weight is 478 g/mol. The van der Waals surface area contributed by atoms with Crippen molar-refractivity contribution in [2.75, 3.05) is 35.6 Å². The van der Waals surface area contributed by atoms with Gasteiger partial charge in [-0.05, 0) is 55.7 Å². The lowest BCUT2D eigenvalue weighted by molar-refractivity contribution is -0.116. The summed E-state index contributed by atoms with van der Waals surface area (Å²) >= 11 is 0. The van der Waals surface area contributed by atoms with E-state index in [9.17, 15) is 22.4 Å². The van der Waals surface area contributed by atoms with Gasteiger partial charge in [0.25, 0.3) is 5.91 Å². The summed E-state index contributed by atoms with van der Waals surface area (Å²) in [5, 5.41) is 5.57. The van der Waals surface area contributed by atoms with E-state index in [2.05, 4.69) is 10.6 Å². The Morgan fingerprint density at radius 2 is 1.88 bits per heavy atom. The fourth-order valence-corrected chi connectivity index (χ4v) is 4.55. The van der Waals surface area contributed by atoms with Crippen LogP contribution >= 0.6 is 0 Å². The molecule has 3 rings (SSSR count). The van der Waals surface area contributed by atoms with Crippen molar-refractivity contribution in [3.63, 3.8) is 0 Å². The number of para-hydroxylation sites is 1. The van der Waals surface area contributed by atoms with Crippen LogP contribution in [0, 0.1) is 5.82 Å². The SMILES string of the molecule is CS(=O)(=O)N(CCCC(=O)Nc1ccccc1C(=O)NC[C@@H]1CCCO1)c1ccc(F)cc1. The molecule has 1 aliphatic heterocycles. The second-order valence-corrected chi connectivity index (χ2v) is 9.76. The Bertz CT molecular complexity index is 1070. The molecular weight excluding hydrogens is 449 g/mol. The molecule has 2 aromatic carbocycles. The molecule has 1 saturated heterocycles. The number of benzene rings is 2. The number of rotatable bonds is 10. The number of nitrogens with one attached hydrogen (secondary N) is 2. The van der Waals surface area contributed by atoms with E-state index >= 15 is 0 Å². The highest BCUT2D eigenvalue weighted by Crippen LogP contribution is 2.20. The minimum Gasteiger partial charge on any atom is -0.376 e. The molecule has 0 aromatic heterocycles. The number of halogens is 1. The maximum atomic E-state index is 13.2. The molecule has 2 aromatic rings. The predicted molar refractivity (Wildman–Crippen MR) is 124 cm³/mol. The third kappa shape index (κ3) is 7.26. The van der Waals surface area contributed by atoms with Crippen molar-refractivity contribution in [3.05, 3.63) is 59.9 Å². The first kappa shape index (κ1) is 24.7. The van der Waals surface area contributed by atoms with Crippen LogP contribution in [-0.2, 0) is 19.6 Å². The van der Waals surface area contributed by atoms with Crippen molar-refractivity contribution in [1.29, 1.82) is 0 Å². The van der Waals surface area contributed by atoms with Gasteiger partial charge in [-0.1, -0.05) is 12.1 Å². The van der Waals surface area contributed by atoms with Crippen LogP contribution in [0.15, 0.2) is 48.5 Å². The summed E-state index contributed by atoms with van der Waals surface area (Å²) in [7, 11) is -3.60. The Hall–Kier alpha value is -2.98. The molecule has 2 amide bonds. The zero-order chi connectivity index (χ0) is 23.8. The normalized spacial score (nSPS) is 15.8. The van der Waals surface area contributed by atoms with Gasteiger partial charge in [-0.15, -0.1) is 0 Å². The maximum Gasteiger partial charge on any atom is 0.253 e. The molecule has 0 saturated carbocycles. The van der Waals surface area contributed by atoms with Crippen molar-refractivity contribution in [2.45, 2.75) is 31.8 Å². The van der Waals surface area contributed by atoms with Gasteiger partial charge in [0.15, 0.2) is 0 Å². The average Bonchev–Trinajstić information content (AvgIpc) is 3.29. The standard InChI is InChI=1S/C23H28FN3O5S/c1-33(30,31)27(18-12-10-17(24)11-13-18)14-4-9-22(28)26-21-8-3-2-7-20(21)23(29)25-16-19-6-5-15-32-19/h2-3,7-8,10-13,19H,4-6,9,14-16H2,1H3,(H,25,29)(H,26,28)/t19-/m0/s1. The van der Waals surface area contributed by atoms with Gasteiger partial charge in [0.05, 0.1) is 29.3 Å². The monoisotopic (exact) mass is 477 g/mol. The highest BCUT2D eigenvalue weighted by molar-refractivity contribution is 7.92. The number of carbonyl (C=O) groups is 2. The van der Waals surface area contributed by atoms with E-state index in [4.69, 9.17) is 4.74 Å². The molecule has 0 bridgehead atoms. The van der Waals surface area contributed by atoms with Gasteiger partial charge in [0.2, 0.25) is 15.9 Å². The van der Waals surface area contributed by atoms with E-state index in [-0.39, 0.29) is 37.3 Å². The Morgan fingerprint density at radius 3 is 2.55 bits per heavy atom. The molecule has 1 aliphatic rings. The van der Waals surface area contributed by atoms with Gasteiger partial charge in [-0.3, -0.25) is 13.9 Å². The minimum absolute atomic E-state index is 0.00889. The first-order valence-corrected chi connectivity index (χ1v) is 12.6. The number of sulfonamides is 1. The lowest BCUT2D eigenvalue weighted by atomic mass is 10.1. The smallest absolute Gasteiger partial charge is 0.253 e. The molecule has 0 spiro atoms. The zero-order valence-corrected chi connectivity index (χ0v) is 19.2. The maximum absolute atomic E-state index is 13.2. The van der Waals surface area contributed by atoms with Crippen molar-refractivity contribution in [1.82, 2.24) is 5.32 Å². The molecule has 0 aliphatic carbocycles. The van der Waals surface area contributed by atoms with Gasteiger partial charge >= 0.3 is 0 Å². The summed E-state index contributed by atoms with van der Waals surface area (Å²) in [6, 6.07) is 11.8. The van der Waals surface area contributed by atoms with Gasteiger partial charge in [-0.2, -0.15) is 0 Å². The second-order valence-electron chi connectivity index (χ2n) is 7.85. The number of anilines is 2. The fraction of sp³-hybridized carbons (Fsp3) is 0.391. The van der Waals surface area contributed by atoms with E-state index in [1.165, 1.54) is 24.3 Å². The van der Waals surface area contributed by atoms with Crippen LogP contribution in [0.25, 0.3) is 0 Å². The van der Waals surface area contributed by atoms with Crippen molar-refractivity contribution < 1.29 is 27.1 Å². The number of hydrogen-bond acceptors (Lipinski definition) is 5. The molecule has 8 nitrogen and oxygen atoms in total. The summed E-state index contributed by atoms with van der Waals surface area (Å²) in [5.74, 6) is -1.12. The molecule has 2 N–H and O–H groups in total. The molecule has 0 unspecified atom stereocenters. The summed E-state index contributed by atoms with van der Waals surface area (Å²) < 4.78 is 44.1. The number of hydrogen-bond donors (Lipinski definition) is 2. The minimum atomic E-state index is -3.60. The zero-order valence-electron chi connectivity index (χ0n) is 18.4. The molecular formula is C23H28FN3O5S. The van der Waals surface area contributed by atoms with E-state index < -0.39 is 15.8 Å².